The fourth-order valence-corrected chi connectivity index (χ4v) is 1.06. The summed E-state index contributed by atoms with van der Waals surface area (Å²) in [6.45, 7) is 2.14. The van der Waals surface area contributed by atoms with Crippen LogP contribution in [0.25, 0.3) is 0 Å². The third-order valence-corrected chi connectivity index (χ3v) is 2.18. The molecule has 6 heteroatoms. The van der Waals surface area contributed by atoms with Gasteiger partial charge in [0.25, 0.3) is 0 Å². The third-order valence-electron chi connectivity index (χ3n) is 2.18. The number of aliphatic hydroxyl groups is 1. The van der Waals surface area contributed by atoms with Crippen LogP contribution in [-0.4, -0.2) is 47.9 Å². The second-order valence-corrected chi connectivity index (χ2v) is 3.92. The molecule has 0 fully saturated rings. The zero-order valence-electron chi connectivity index (χ0n) is 9.88. The second kappa shape index (κ2) is 5.62. The summed E-state index contributed by atoms with van der Waals surface area (Å²) in [4.78, 5) is 10.2. The maximum absolute atomic E-state index is 9.24. The Morgan fingerprint density at radius 1 is 1.56 bits per heavy atom. The Hall–Kier alpha value is -1.40. The standard InChI is InChI=1S/C10H19N5O/c1-7(16)8(11)6-13-9-4-5-12-10(14-9)15(2)3/h4-5,7-8,16H,6,11H2,1-3H3,(H,12,13,14). The van der Waals surface area contributed by atoms with E-state index in [1.807, 2.05) is 19.0 Å². The number of aromatic nitrogens is 2. The summed E-state index contributed by atoms with van der Waals surface area (Å²) < 4.78 is 0. The van der Waals surface area contributed by atoms with Crippen LogP contribution in [0, 0.1) is 0 Å². The Morgan fingerprint density at radius 2 is 2.25 bits per heavy atom. The first-order valence-electron chi connectivity index (χ1n) is 5.18. The predicted molar refractivity (Wildman–Crippen MR) is 64.5 cm³/mol. The number of hydrogen-bond donors (Lipinski definition) is 3. The van der Waals surface area contributed by atoms with Gasteiger partial charge in [-0.25, -0.2) is 4.98 Å². The average Bonchev–Trinajstić information content (AvgIpc) is 2.26. The minimum Gasteiger partial charge on any atom is -0.392 e. The van der Waals surface area contributed by atoms with Crippen LogP contribution in [0.5, 0.6) is 0 Å². The monoisotopic (exact) mass is 225 g/mol. The summed E-state index contributed by atoms with van der Waals surface area (Å²) >= 11 is 0. The van der Waals surface area contributed by atoms with Crippen LogP contribution in [0.2, 0.25) is 0 Å². The highest BCUT2D eigenvalue weighted by molar-refractivity contribution is 5.40. The molecule has 0 aliphatic carbocycles. The van der Waals surface area contributed by atoms with Crippen molar-refractivity contribution in [3.8, 4) is 0 Å². The van der Waals surface area contributed by atoms with Crippen molar-refractivity contribution in [2.24, 2.45) is 5.73 Å². The van der Waals surface area contributed by atoms with E-state index in [4.69, 9.17) is 5.73 Å². The van der Waals surface area contributed by atoms with Crippen molar-refractivity contribution in [2.45, 2.75) is 19.1 Å². The van der Waals surface area contributed by atoms with E-state index in [0.29, 0.717) is 18.3 Å². The molecule has 0 aliphatic rings. The molecule has 0 aromatic carbocycles. The highest BCUT2D eigenvalue weighted by Crippen LogP contribution is 2.07. The maximum atomic E-state index is 9.24. The van der Waals surface area contributed by atoms with Crippen molar-refractivity contribution >= 4 is 11.8 Å². The summed E-state index contributed by atoms with van der Waals surface area (Å²) in [7, 11) is 3.75. The molecule has 1 aromatic heterocycles. The number of nitrogens with one attached hydrogen (secondary N) is 1. The van der Waals surface area contributed by atoms with Gasteiger partial charge in [0.15, 0.2) is 0 Å². The number of anilines is 2. The quantitative estimate of drug-likeness (QED) is 0.635. The topological polar surface area (TPSA) is 87.3 Å². The molecule has 0 spiro atoms. The predicted octanol–water partition coefficient (Wildman–Crippen LogP) is -0.337. The fraction of sp³-hybridized carbons (Fsp3) is 0.600. The van der Waals surface area contributed by atoms with Crippen LogP contribution in [0.3, 0.4) is 0 Å². The SMILES string of the molecule is CC(O)C(N)CNc1ccnc(N(C)C)n1. The zero-order valence-corrected chi connectivity index (χ0v) is 9.88. The van der Waals surface area contributed by atoms with Gasteiger partial charge in [0.05, 0.1) is 6.10 Å². The third kappa shape index (κ3) is 3.63. The van der Waals surface area contributed by atoms with E-state index < -0.39 is 6.10 Å². The minimum absolute atomic E-state index is 0.308. The van der Waals surface area contributed by atoms with Gasteiger partial charge in [0.2, 0.25) is 5.95 Å². The summed E-state index contributed by atoms with van der Waals surface area (Å²) in [5, 5.41) is 12.3. The lowest BCUT2D eigenvalue weighted by Crippen LogP contribution is -2.38. The molecule has 6 nitrogen and oxygen atoms in total. The zero-order chi connectivity index (χ0) is 12.1. The molecular formula is C10H19N5O. The number of rotatable bonds is 5. The summed E-state index contributed by atoms with van der Waals surface area (Å²) in [5.74, 6) is 1.34. The highest BCUT2D eigenvalue weighted by atomic mass is 16.3. The van der Waals surface area contributed by atoms with Crippen molar-refractivity contribution in [3.63, 3.8) is 0 Å². The van der Waals surface area contributed by atoms with Crippen LogP contribution in [0.15, 0.2) is 12.3 Å². The van der Waals surface area contributed by atoms with Gasteiger partial charge in [-0.2, -0.15) is 4.98 Å². The van der Waals surface area contributed by atoms with Crippen LogP contribution in [0.4, 0.5) is 11.8 Å². The molecule has 0 saturated carbocycles. The lowest BCUT2D eigenvalue weighted by molar-refractivity contribution is 0.168. The van der Waals surface area contributed by atoms with E-state index >= 15 is 0 Å². The van der Waals surface area contributed by atoms with Gasteiger partial charge in [-0.1, -0.05) is 0 Å². The Balaban J connectivity index is 2.57. The summed E-state index contributed by atoms with van der Waals surface area (Å²) in [5.41, 5.74) is 5.70. The van der Waals surface area contributed by atoms with E-state index in [1.165, 1.54) is 0 Å². The molecule has 90 valence electrons. The van der Waals surface area contributed by atoms with Crippen molar-refractivity contribution in [1.82, 2.24) is 9.97 Å². The molecule has 1 rings (SSSR count). The van der Waals surface area contributed by atoms with Crippen LogP contribution >= 0.6 is 0 Å². The number of nitrogens with two attached hydrogens (primary N) is 1. The minimum atomic E-state index is -0.539. The Labute approximate surface area is 95.5 Å². The normalized spacial score (nSPS) is 14.3. The molecule has 0 radical (unpaired) electrons. The van der Waals surface area contributed by atoms with Crippen molar-refractivity contribution in [1.29, 1.82) is 0 Å². The summed E-state index contributed by atoms with van der Waals surface area (Å²) in [6.07, 6.45) is 1.14. The molecule has 2 atom stereocenters. The Kier molecular flexibility index (Phi) is 4.45. The molecule has 0 bridgehead atoms. The number of nitrogens with zero attached hydrogens (tertiary/aromatic N) is 3. The molecule has 16 heavy (non-hydrogen) atoms. The lowest BCUT2D eigenvalue weighted by atomic mass is 10.2. The average molecular weight is 225 g/mol. The molecule has 0 amide bonds. The van der Waals surface area contributed by atoms with E-state index in [0.717, 1.165) is 0 Å². The van der Waals surface area contributed by atoms with Gasteiger partial charge in [0.1, 0.15) is 5.82 Å². The Morgan fingerprint density at radius 3 is 2.81 bits per heavy atom. The van der Waals surface area contributed by atoms with Gasteiger partial charge < -0.3 is 21.1 Å². The first-order valence-corrected chi connectivity index (χ1v) is 5.18. The van der Waals surface area contributed by atoms with Gasteiger partial charge in [-0.15, -0.1) is 0 Å². The van der Waals surface area contributed by atoms with Crippen LogP contribution < -0.4 is 16.0 Å². The first-order chi connectivity index (χ1) is 7.50. The molecule has 0 aliphatic heterocycles. The highest BCUT2D eigenvalue weighted by Gasteiger charge is 2.09. The van der Waals surface area contributed by atoms with Crippen LogP contribution in [0.1, 0.15) is 6.92 Å². The van der Waals surface area contributed by atoms with Crippen molar-refractivity contribution < 1.29 is 5.11 Å². The van der Waals surface area contributed by atoms with E-state index in [-0.39, 0.29) is 6.04 Å². The lowest BCUT2D eigenvalue weighted by Gasteiger charge is -2.16. The summed E-state index contributed by atoms with van der Waals surface area (Å²) in [6, 6.07) is 1.46. The van der Waals surface area contributed by atoms with Crippen molar-refractivity contribution in [2.75, 3.05) is 30.9 Å². The van der Waals surface area contributed by atoms with E-state index in [2.05, 4.69) is 15.3 Å². The maximum Gasteiger partial charge on any atom is 0.226 e. The molecule has 2 unspecified atom stereocenters. The van der Waals surface area contributed by atoms with Gasteiger partial charge in [0, 0.05) is 32.9 Å². The molecular weight excluding hydrogens is 206 g/mol. The van der Waals surface area contributed by atoms with Gasteiger partial charge in [-0.3, -0.25) is 0 Å². The Bertz CT molecular complexity index is 329. The van der Waals surface area contributed by atoms with Gasteiger partial charge in [-0.05, 0) is 13.0 Å². The smallest absolute Gasteiger partial charge is 0.226 e. The van der Waals surface area contributed by atoms with Crippen molar-refractivity contribution in [3.05, 3.63) is 12.3 Å². The van der Waals surface area contributed by atoms with Gasteiger partial charge >= 0.3 is 0 Å². The number of hydrogen-bond acceptors (Lipinski definition) is 6. The first kappa shape index (κ1) is 12.7. The fourth-order valence-electron chi connectivity index (χ4n) is 1.06. The van der Waals surface area contributed by atoms with E-state index in [9.17, 15) is 5.11 Å². The molecule has 0 saturated heterocycles. The van der Waals surface area contributed by atoms with Crippen LogP contribution in [-0.2, 0) is 0 Å². The molecule has 4 N–H and O–H groups in total. The molecule has 1 heterocycles. The molecule has 1 aromatic rings. The number of aliphatic hydroxyl groups excluding tert-OH is 1. The van der Waals surface area contributed by atoms with E-state index in [1.54, 1.807) is 19.2 Å². The second-order valence-electron chi connectivity index (χ2n) is 3.92. The largest absolute Gasteiger partial charge is 0.392 e.